The van der Waals surface area contributed by atoms with E-state index in [2.05, 4.69) is 34.0 Å². The van der Waals surface area contributed by atoms with Gasteiger partial charge in [-0.2, -0.15) is 0 Å². The molecule has 0 aromatic heterocycles. The summed E-state index contributed by atoms with van der Waals surface area (Å²) in [7, 11) is 0. The van der Waals surface area contributed by atoms with Gasteiger partial charge in [-0.05, 0) is 77.5 Å². The highest BCUT2D eigenvalue weighted by molar-refractivity contribution is 7.78. The second-order valence-corrected chi connectivity index (χ2v) is 11.0. The number of nitrogens with zero attached hydrogens (tertiary/aromatic N) is 3. The second-order valence-electron chi connectivity index (χ2n) is 9.84. The number of amides is 2. The van der Waals surface area contributed by atoms with Gasteiger partial charge in [0.05, 0.1) is 15.7 Å². The highest BCUT2D eigenvalue weighted by Gasteiger charge is 2.28. The first-order valence-corrected chi connectivity index (χ1v) is 12.5. The standard InChI is InChI=1S/C23H36Cl2N4OS/c1-23(2,3)29(31)22(30)26-18-9-7-17(8-10-18)11-12-27-13-15-28(16-14-27)20-6-4-5-19(24)21(20)25/h4-6,17-18,31H,7-16H2,1-3H3,(H,26,30). The average molecular weight is 488 g/mol. The minimum Gasteiger partial charge on any atom is -0.368 e. The Morgan fingerprint density at radius 1 is 1.13 bits per heavy atom. The van der Waals surface area contributed by atoms with Crippen LogP contribution in [0.1, 0.15) is 52.9 Å². The lowest BCUT2D eigenvalue weighted by molar-refractivity contribution is 0.186. The molecular formula is C23H36Cl2N4OS. The van der Waals surface area contributed by atoms with Crippen molar-refractivity contribution in [3.05, 3.63) is 28.2 Å². The molecule has 2 fully saturated rings. The number of carbonyl (C=O) groups is 1. The number of urea groups is 1. The van der Waals surface area contributed by atoms with E-state index in [1.807, 2.05) is 32.9 Å². The van der Waals surface area contributed by atoms with Crippen molar-refractivity contribution < 1.29 is 4.79 Å². The first kappa shape index (κ1) is 24.8. The van der Waals surface area contributed by atoms with Crippen LogP contribution in [-0.2, 0) is 0 Å². The zero-order chi connectivity index (χ0) is 22.6. The van der Waals surface area contributed by atoms with Gasteiger partial charge in [0.1, 0.15) is 0 Å². The first-order chi connectivity index (χ1) is 14.6. The van der Waals surface area contributed by atoms with E-state index in [0.717, 1.165) is 57.2 Å². The summed E-state index contributed by atoms with van der Waals surface area (Å²) >= 11 is 16.9. The summed E-state index contributed by atoms with van der Waals surface area (Å²) < 4.78 is 1.50. The number of carbonyl (C=O) groups excluding carboxylic acids is 1. The fraction of sp³-hybridized carbons (Fsp3) is 0.696. The molecule has 31 heavy (non-hydrogen) atoms. The van der Waals surface area contributed by atoms with Crippen LogP contribution in [0.4, 0.5) is 10.5 Å². The lowest BCUT2D eigenvalue weighted by Gasteiger charge is -2.38. The molecule has 0 unspecified atom stereocenters. The number of hydrogen-bond acceptors (Lipinski definition) is 4. The SMILES string of the molecule is CC(C)(C)N(S)C(=O)NC1CCC(CCN2CCN(c3cccc(Cl)c3Cl)CC2)CC1. The van der Waals surface area contributed by atoms with Crippen LogP contribution in [0.5, 0.6) is 0 Å². The highest BCUT2D eigenvalue weighted by Crippen LogP contribution is 2.33. The van der Waals surface area contributed by atoms with E-state index in [-0.39, 0.29) is 17.6 Å². The van der Waals surface area contributed by atoms with Crippen LogP contribution in [-0.4, -0.2) is 59.5 Å². The van der Waals surface area contributed by atoms with Gasteiger partial charge in [-0.1, -0.05) is 42.1 Å². The number of hydrogen-bond donors (Lipinski definition) is 2. The van der Waals surface area contributed by atoms with Gasteiger partial charge in [0, 0.05) is 37.8 Å². The van der Waals surface area contributed by atoms with E-state index in [0.29, 0.717) is 10.0 Å². The average Bonchev–Trinajstić information content (AvgIpc) is 2.74. The van der Waals surface area contributed by atoms with Crippen LogP contribution < -0.4 is 10.2 Å². The number of nitrogens with one attached hydrogen (secondary N) is 1. The molecule has 2 aliphatic rings. The van der Waals surface area contributed by atoms with Gasteiger partial charge >= 0.3 is 6.03 Å². The normalized spacial score (nSPS) is 23.0. The van der Waals surface area contributed by atoms with Crippen molar-refractivity contribution in [1.82, 2.24) is 14.5 Å². The largest absolute Gasteiger partial charge is 0.368 e. The third-order valence-corrected chi connectivity index (χ3v) is 8.09. The van der Waals surface area contributed by atoms with Crippen LogP contribution >= 0.6 is 36.0 Å². The predicted molar refractivity (Wildman–Crippen MR) is 135 cm³/mol. The molecule has 0 atom stereocenters. The summed E-state index contributed by atoms with van der Waals surface area (Å²) in [4.78, 5) is 17.2. The second kappa shape index (κ2) is 10.9. The minimum atomic E-state index is -0.285. The van der Waals surface area contributed by atoms with Gasteiger partial charge in [-0.15, -0.1) is 0 Å². The monoisotopic (exact) mass is 486 g/mol. The number of anilines is 1. The molecule has 1 aliphatic carbocycles. The molecule has 0 spiro atoms. The summed E-state index contributed by atoms with van der Waals surface area (Å²) in [5, 5.41) is 4.43. The van der Waals surface area contributed by atoms with Crippen LogP contribution in [0.15, 0.2) is 18.2 Å². The first-order valence-electron chi connectivity index (χ1n) is 11.4. The minimum absolute atomic E-state index is 0.0861. The van der Waals surface area contributed by atoms with Gasteiger partial charge in [0.25, 0.3) is 0 Å². The molecule has 3 rings (SSSR count). The highest BCUT2D eigenvalue weighted by atomic mass is 35.5. The molecule has 0 bridgehead atoms. The number of benzene rings is 1. The van der Waals surface area contributed by atoms with Crippen LogP contribution in [0, 0.1) is 5.92 Å². The molecule has 2 amide bonds. The topological polar surface area (TPSA) is 38.8 Å². The van der Waals surface area contributed by atoms with Gasteiger partial charge < -0.3 is 10.2 Å². The van der Waals surface area contributed by atoms with Crippen LogP contribution in [0.2, 0.25) is 10.0 Å². The Kier molecular flexibility index (Phi) is 8.70. The van der Waals surface area contributed by atoms with Crippen molar-refractivity contribution >= 4 is 47.7 Å². The molecule has 1 saturated carbocycles. The smallest absolute Gasteiger partial charge is 0.327 e. The van der Waals surface area contributed by atoms with Crippen molar-refractivity contribution in [2.75, 3.05) is 37.6 Å². The Hall–Kier alpha value is -0.820. The Labute approximate surface area is 203 Å². The molecule has 1 saturated heterocycles. The van der Waals surface area contributed by atoms with Gasteiger partial charge in [0.2, 0.25) is 0 Å². The van der Waals surface area contributed by atoms with E-state index >= 15 is 0 Å². The van der Waals surface area contributed by atoms with Crippen molar-refractivity contribution in [2.24, 2.45) is 5.92 Å². The molecule has 0 radical (unpaired) electrons. The lowest BCUT2D eigenvalue weighted by atomic mass is 9.84. The van der Waals surface area contributed by atoms with E-state index < -0.39 is 0 Å². The Morgan fingerprint density at radius 3 is 2.39 bits per heavy atom. The fourth-order valence-corrected chi connectivity index (χ4v) is 4.92. The maximum Gasteiger partial charge on any atom is 0.327 e. The fourth-order valence-electron chi connectivity index (χ4n) is 4.45. The summed E-state index contributed by atoms with van der Waals surface area (Å²) in [6, 6.07) is 6.04. The summed E-state index contributed by atoms with van der Waals surface area (Å²) in [5.74, 6) is 0.753. The number of halogens is 2. The predicted octanol–water partition coefficient (Wildman–Crippen LogP) is 5.72. The zero-order valence-corrected chi connectivity index (χ0v) is 21.3. The van der Waals surface area contributed by atoms with Crippen molar-refractivity contribution in [2.45, 2.75) is 64.5 Å². The molecule has 1 aromatic rings. The number of rotatable bonds is 5. The van der Waals surface area contributed by atoms with E-state index in [9.17, 15) is 4.79 Å². The molecule has 5 nitrogen and oxygen atoms in total. The number of piperazine rings is 1. The molecule has 1 aromatic carbocycles. The molecule has 1 aliphatic heterocycles. The van der Waals surface area contributed by atoms with Crippen molar-refractivity contribution in [3.63, 3.8) is 0 Å². The molecular weight excluding hydrogens is 451 g/mol. The van der Waals surface area contributed by atoms with Crippen LogP contribution in [0.3, 0.4) is 0 Å². The Bertz CT molecular complexity index is 742. The van der Waals surface area contributed by atoms with Crippen LogP contribution in [0.25, 0.3) is 0 Å². The van der Waals surface area contributed by atoms with Gasteiger partial charge in [-0.3, -0.25) is 9.21 Å². The van der Waals surface area contributed by atoms with E-state index in [4.69, 9.17) is 23.2 Å². The third kappa shape index (κ3) is 6.83. The molecule has 8 heteroatoms. The zero-order valence-electron chi connectivity index (χ0n) is 18.9. The van der Waals surface area contributed by atoms with Gasteiger partial charge in [-0.25, -0.2) is 4.79 Å². The summed E-state index contributed by atoms with van der Waals surface area (Å²) in [6.07, 6.45) is 5.72. The lowest BCUT2D eigenvalue weighted by Crippen LogP contribution is -2.49. The van der Waals surface area contributed by atoms with E-state index in [1.165, 1.54) is 23.6 Å². The van der Waals surface area contributed by atoms with Gasteiger partial charge in [0.15, 0.2) is 0 Å². The van der Waals surface area contributed by atoms with E-state index in [1.54, 1.807) is 0 Å². The maximum absolute atomic E-state index is 12.4. The number of thiol groups is 1. The summed E-state index contributed by atoms with van der Waals surface area (Å²) in [5.41, 5.74) is 0.757. The maximum atomic E-state index is 12.4. The Balaban J connectivity index is 1.35. The molecule has 1 N–H and O–H groups in total. The summed E-state index contributed by atoms with van der Waals surface area (Å²) in [6.45, 7) is 11.2. The quantitative estimate of drug-likeness (QED) is 0.522. The third-order valence-electron chi connectivity index (χ3n) is 6.50. The Morgan fingerprint density at radius 2 is 1.77 bits per heavy atom. The van der Waals surface area contributed by atoms with Crippen molar-refractivity contribution in [3.8, 4) is 0 Å². The molecule has 174 valence electrons. The van der Waals surface area contributed by atoms with Crippen molar-refractivity contribution in [1.29, 1.82) is 0 Å². The molecule has 1 heterocycles.